The van der Waals surface area contributed by atoms with E-state index in [4.69, 9.17) is 9.47 Å². The van der Waals surface area contributed by atoms with Gasteiger partial charge in [-0.15, -0.1) is 0 Å². The number of hydrogen-bond acceptors (Lipinski definition) is 6. The van der Waals surface area contributed by atoms with Crippen molar-refractivity contribution in [2.24, 2.45) is 0 Å². The van der Waals surface area contributed by atoms with E-state index in [2.05, 4.69) is 10.3 Å². The van der Waals surface area contributed by atoms with Gasteiger partial charge in [-0.25, -0.2) is 9.59 Å². The fourth-order valence-electron chi connectivity index (χ4n) is 2.15. The van der Waals surface area contributed by atoms with Crippen LogP contribution >= 0.6 is 0 Å². The van der Waals surface area contributed by atoms with Crippen molar-refractivity contribution < 1.29 is 19.1 Å². The molecule has 0 amide bonds. The van der Waals surface area contributed by atoms with E-state index in [0.717, 1.165) is 10.9 Å². The monoisotopic (exact) mass is 298 g/mol. The number of benzene rings is 1. The third-order valence-electron chi connectivity index (χ3n) is 3.12. The van der Waals surface area contributed by atoms with Crippen LogP contribution in [0, 0.1) is 0 Å². The number of rotatable bonds is 2. The average molecular weight is 298 g/mol. The van der Waals surface area contributed by atoms with Crippen LogP contribution in [-0.4, -0.2) is 22.7 Å². The van der Waals surface area contributed by atoms with Crippen LogP contribution in [0.15, 0.2) is 48.3 Å². The maximum Gasteiger partial charge on any atom is 0.350 e. The first-order valence-corrected chi connectivity index (χ1v) is 6.73. The lowest BCUT2D eigenvalue weighted by Gasteiger charge is -2.29. The van der Waals surface area contributed by atoms with Crippen LogP contribution in [0.25, 0.3) is 10.9 Å². The van der Waals surface area contributed by atoms with Gasteiger partial charge in [0.05, 0.1) is 11.2 Å². The van der Waals surface area contributed by atoms with Crippen LogP contribution in [0.4, 0.5) is 5.69 Å². The average Bonchev–Trinajstić information content (AvgIpc) is 2.45. The molecule has 0 bridgehead atoms. The number of hydrogen-bond donors (Lipinski definition) is 1. The van der Waals surface area contributed by atoms with Gasteiger partial charge in [0.25, 0.3) is 5.79 Å². The zero-order valence-electron chi connectivity index (χ0n) is 12.1. The molecule has 1 fully saturated rings. The molecule has 22 heavy (non-hydrogen) atoms. The number of cyclic esters (lactones) is 2. The van der Waals surface area contributed by atoms with Crippen molar-refractivity contribution in [2.75, 3.05) is 5.32 Å². The largest absolute Gasteiger partial charge is 0.419 e. The second kappa shape index (κ2) is 5.14. The smallest absolute Gasteiger partial charge is 0.350 e. The molecule has 0 aliphatic carbocycles. The van der Waals surface area contributed by atoms with Crippen LogP contribution in [0.5, 0.6) is 0 Å². The Hall–Kier alpha value is -2.89. The summed E-state index contributed by atoms with van der Waals surface area (Å²) in [6.07, 6.45) is 2.95. The van der Waals surface area contributed by atoms with Crippen molar-refractivity contribution in [1.29, 1.82) is 0 Å². The summed E-state index contributed by atoms with van der Waals surface area (Å²) in [5, 5.41) is 3.86. The third kappa shape index (κ3) is 2.63. The molecule has 1 N–H and O–H groups in total. The molecule has 3 rings (SSSR count). The fraction of sp³-hybridized carbons (Fsp3) is 0.188. The molecule has 0 spiro atoms. The minimum absolute atomic E-state index is 0.188. The number of esters is 2. The predicted molar refractivity (Wildman–Crippen MR) is 79.7 cm³/mol. The van der Waals surface area contributed by atoms with E-state index in [1.807, 2.05) is 24.3 Å². The molecule has 2 aromatic rings. The van der Waals surface area contributed by atoms with Gasteiger partial charge in [-0.1, -0.05) is 18.2 Å². The fourth-order valence-corrected chi connectivity index (χ4v) is 2.15. The number of anilines is 1. The Morgan fingerprint density at radius 1 is 1.09 bits per heavy atom. The van der Waals surface area contributed by atoms with E-state index in [9.17, 15) is 9.59 Å². The van der Waals surface area contributed by atoms with Crippen molar-refractivity contribution in [3.63, 3.8) is 0 Å². The summed E-state index contributed by atoms with van der Waals surface area (Å²) in [5.74, 6) is -2.68. The van der Waals surface area contributed by atoms with Crippen molar-refractivity contribution in [1.82, 2.24) is 4.98 Å². The van der Waals surface area contributed by atoms with Crippen molar-refractivity contribution >= 4 is 28.5 Å². The summed E-state index contributed by atoms with van der Waals surface area (Å²) < 4.78 is 10.1. The standard InChI is InChI=1S/C16H14N2O4/c1-16(2)21-14(19)11(15(20)22-16)9-18-12-7-3-5-10-6-4-8-17-13(10)12/h3-9,18H,1-2H3. The molecule has 1 aromatic heterocycles. The highest BCUT2D eigenvalue weighted by Gasteiger charge is 2.38. The number of para-hydroxylation sites is 1. The molecule has 0 radical (unpaired) electrons. The van der Waals surface area contributed by atoms with Gasteiger partial charge in [0.2, 0.25) is 0 Å². The molecule has 1 aliphatic rings. The number of carbonyl (C=O) groups is 2. The van der Waals surface area contributed by atoms with E-state index in [0.29, 0.717) is 5.69 Å². The molecule has 0 atom stereocenters. The first-order valence-electron chi connectivity index (χ1n) is 6.73. The Balaban J connectivity index is 1.90. The highest BCUT2D eigenvalue weighted by Crippen LogP contribution is 2.24. The SMILES string of the molecule is CC1(C)OC(=O)C(=CNc2cccc3cccnc23)C(=O)O1. The minimum Gasteiger partial charge on any atom is -0.419 e. The number of ether oxygens (including phenoxy) is 2. The van der Waals surface area contributed by atoms with Gasteiger partial charge in [0, 0.05) is 31.6 Å². The highest BCUT2D eigenvalue weighted by atomic mass is 16.7. The lowest BCUT2D eigenvalue weighted by molar-refractivity contribution is -0.222. The van der Waals surface area contributed by atoms with E-state index in [-0.39, 0.29) is 5.57 Å². The topological polar surface area (TPSA) is 77.5 Å². The maximum absolute atomic E-state index is 11.9. The Morgan fingerprint density at radius 3 is 2.50 bits per heavy atom. The lowest BCUT2D eigenvalue weighted by atomic mass is 10.2. The first kappa shape index (κ1) is 14.1. The summed E-state index contributed by atoms with van der Waals surface area (Å²) in [6.45, 7) is 3.00. The highest BCUT2D eigenvalue weighted by molar-refractivity contribution is 6.15. The molecule has 2 heterocycles. The number of nitrogens with one attached hydrogen (secondary N) is 1. The number of aromatic nitrogens is 1. The lowest BCUT2D eigenvalue weighted by Crippen LogP contribution is -2.42. The molecule has 0 unspecified atom stereocenters. The predicted octanol–water partition coefficient (Wildman–Crippen LogP) is 2.37. The van der Waals surface area contributed by atoms with Gasteiger partial charge in [-0.05, 0) is 12.1 Å². The maximum atomic E-state index is 11.9. The van der Waals surface area contributed by atoms with Crippen LogP contribution in [0.3, 0.4) is 0 Å². The van der Waals surface area contributed by atoms with Gasteiger partial charge >= 0.3 is 11.9 Å². The molecular formula is C16H14N2O4. The Labute approximate surface area is 126 Å². The van der Waals surface area contributed by atoms with E-state index in [1.165, 1.54) is 20.0 Å². The molecule has 1 aliphatic heterocycles. The molecule has 1 saturated heterocycles. The summed E-state index contributed by atoms with van der Waals surface area (Å²) in [4.78, 5) is 28.0. The minimum atomic E-state index is -1.24. The van der Waals surface area contributed by atoms with Crippen molar-refractivity contribution in [2.45, 2.75) is 19.6 Å². The summed E-state index contributed by atoms with van der Waals surface area (Å²) in [6, 6.07) is 9.34. The van der Waals surface area contributed by atoms with E-state index < -0.39 is 17.7 Å². The molecular weight excluding hydrogens is 284 g/mol. The van der Waals surface area contributed by atoms with E-state index in [1.54, 1.807) is 12.3 Å². The second-order valence-electron chi connectivity index (χ2n) is 5.26. The van der Waals surface area contributed by atoms with Crippen LogP contribution < -0.4 is 5.32 Å². The summed E-state index contributed by atoms with van der Waals surface area (Å²) in [5.41, 5.74) is 1.23. The molecule has 6 nitrogen and oxygen atoms in total. The quantitative estimate of drug-likeness (QED) is 0.521. The molecule has 0 saturated carbocycles. The van der Waals surface area contributed by atoms with Crippen molar-refractivity contribution in [3.8, 4) is 0 Å². The molecule has 112 valence electrons. The Morgan fingerprint density at radius 2 is 1.77 bits per heavy atom. The van der Waals surface area contributed by atoms with E-state index >= 15 is 0 Å². The zero-order valence-corrected chi connectivity index (χ0v) is 12.1. The number of nitrogens with zero attached hydrogens (tertiary/aromatic N) is 1. The third-order valence-corrected chi connectivity index (χ3v) is 3.12. The Kier molecular flexibility index (Phi) is 3.29. The van der Waals surface area contributed by atoms with Crippen LogP contribution in [0.1, 0.15) is 13.8 Å². The number of pyridine rings is 1. The molecule has 6 heteroatoms. The van der Waals surface area contributed by atoms with Gasteiger partial charge in [0.15, 0.2) is 5.57 Å². The Bertz CT molecular complexity index is 768. The first-order chi connectivity index (χ1) is 10.5. The summed E-state index contributed by atoms with van der Waals surface area (Å²) >= 11 is 0. The van der Waals surface area contributed by atoms with Crippen molar-refractivity contribution in [3.05, 3.63) is 48.3 Å². The van der Waals surface area contributed by atoms with Gasteiger partial charge in [0.1, 0.15) is 0 Å². The van der Waals surface area contributed by atoms with Crippen LogP contribution in [-0.2, 0) is 19.1 Å². The van der Waals surface area contributed by atoms with Gasteiger partial charge in [-0.2, -0.15) is 0 Å². The summed E-state index contributed by atoms with van der Waals surface area (Å²) in [7, 11) is 0. The molecule has 1 aromatic carbocycles. The number of carbonyl (C=O) groups excluding carboxylic acids is 2. The van der Waals surface area contributed by atoms with Gasteiger partial charge in [-0.3, -0.25) is 4.98 Å². The van der Waals surface area contributed by atoms with Crippen LogP contribution in [0.2, 0.25) is 0 Å². The zero-order chi connectivity index (χ0) is 15.7. The normalized spacial score (nSPS) is 16.9. The second-order valence-corrected chi connectivity index (χ2v) is 5.26. The van der Waals surface area contributed by atoms with Gasteiger partial charge < -0.3 is 14.8 Å². The number of fused-ring (bicyclic) bond motifs is 1.